The van der Waals surface area contributed by atoms with Gasteiger partial charge in [0.2, 0.25) is 6.29 Å². The molecule has 0 radical (unpaired) electrons. The molecule has 8 nitrogen and oxygen atoms in total. The predicted octanol–water partition coefficient (Wildman–Crippen LogP) is 4.47. The van der Waals surface area contributed by atoms with Crippen molar-refractivity contribution in [3.8, 4) is 0 Å². The summed E-state index contributed by atoms with van der Waals surface area (Å²) in [5.41, 5.74) is 0.926. The highest BCUT2D eigenvalue weighted by Gasteiger charge is 2.26. The highest BCUT2D eigenvalue weighted by molar-refractivity contribution is 7.92. The van der Waals surface area contributed by atoms with E-state index < -0.39 is 28.5 Å². The van der Waals surface area contributed by atoms with Crippen molar-refractivity contribution in [2.75, 3.05) is 31.0 Å². The quantitative estimate of drug-likeness (QED) is 0.535. The molecule has 0 saturated heterocycles. The second-order valence-electron chi connectivity index (χ2n) is 8.19. The van der Waals surface area contributed by atoms with Crippen molar-refractivity contribution in [3.05, 3.63) is 47.5 Å². The number of sulfone groups is 1. The molecule has 0 saturated carbocycles. The van der Waals surface area contributed by atoms with Gasteiger partial charge in [0.15, 0.2) is 20.8 Å². The van der Waals surface area contributed by atoms with E-state index >= 15 is 0 Å². The van der Waals surface area contributed by atoms with Gasteiger partial charge in [0, 0.05) is 12.4 Å². The number of hydrogen-bond donors (Lipinski definition) is 2. The minimum Gasteiger partial charge on any atom is -0.344 e. The van der Waals surface area contributed by atoms with Crippen molar-refractivity contribution in [1.29, 1.82) is 0 Å². The number of nitrogens with zero attached hydrogens (tertiary/aromatic N) is 3. The fraction of sp³-hybridized carbons (Fsp3) is 0.333. The van der Waals surface area contributed by atoms with Crippen LogP contribution in [0.2, 0.25) is 5.02 Å². The molecule has 1 heterocycles. The van der Waals surface area contributed by atoms with Crippen LogP contribution >= 0.6 is 30.3 Å². The zero-order valence-electron chi connectivity index (χ0n) is 18.9. The summed E-state index contributed by atoms with van der Waals surface area (Å²) in [4.78, 5) is 4.71. The van der Waals surface area contributed by atoms with Crippen molar-refractivity contribution < 1.29 is 13.0 Å². The van der Waals surface area contributed by atoms with Gasteiger partial charge in [-0.25, -0.2) is 13.4 Å². The summed E-state index contributed by atoms with van der Waals surface area (Å²) in [6.45, 7) is 6.60. The number of aliphatic imine (C=N–C) groups is 1. The fourth-order valence-electron chi connectivity index (χ4n) is 3.00. The van der Waals surface area contributed by atoms with Crippen LogP contribution in [-0.2, 0) is 14.4 Å². The molecule has 2 aromatic rings. The van der Waals surface area contributed by atoms with Gasteiger partial charge in [0.05, 0.1) is 26.5 Å². The summed E-state index contributed by atoms with van der Waals surface area (Å²) < 4.78 is 37.9. The lowest BCUT2D eigenvalue weighted by Crippen LogP contribution is -2.41. The van der Waals surface area contributed by atoms with Gasteiger partial charge in [-0.15, -0.1) is 0 Å². The third-order valence-corrected chi connectivity index (χ3v) is 9.27. The van der Waals surface area contributed by atoms with Gasteiger partial charge in [0.25, 0.3) is 0 Å². The smallest absolute Gasteiger partial charge is 0.213 e. The highest BCUT2D eigenvalue weighted by Crippen LogP contribution is 2.37. The lowest BCUT2D eigenvalue weighted by Gasteiger charge is -2.29. The molecule has 2 N–H and O–H groups in total. The first kappa shape index (κ1) is 25.6. The van der Waals surface area contributed by atoms with Crippen LogP contribution in [0.1, 0.15) is 13.8 Å². The summed E-state index contributed by atoms with van der Waals surface area (Å²) in [5, 5.41) is 12.5. The van der Waals surface area contributed by atoms with Crippen LogP contribution < -0.4 is 15.9 Å². The van der Waals surface area contributed by atoms with E-state index in [1.807, 2.05) is 0 Å². The molecule has 12 heteroatoms. The van der Waals surface area contributed by atoms with Crippen LogP contribution in [0.15, 0.2) is 57.5 Å². The van der Waals surface area contributed by atoms with Crippen LogP contribution in [0.3, 0.4) is 0 Å². The maximum Gasteiger partial charge on any atom is 0.213 e. The van der Waals surface area contributed by atoms with Gasteiger partial charge in [-0.05, 0) is 57.5 Å². The Balaban J connectivity index is 1.91. The molecule has 0 amide bonds. The zero-order chi connectivity index (χ0) is 24.6. The van der Waals surface area contributed by atoms with Gasteiger partial charge in [-0.2, -0.15) is 5.10 Å². The predicted molar refractivity (Wildman–Crippen MR) is 139 cm³/mol. The monoisotopic (exact) mass is 529 g/mol. The highest BCUT2D eigenvalue weighted by atomic mass is 35.5. The Morgan fingerprint density at radius 3 is 2.36 bits per heavy atom. The maximum absolute atomic E-state index is 12.8. The van der Waals surface area contributed by atoms with Gasteiger partial charge in [-0.1, -0.05) is 35.3 Å². The van der Waals surface area contributed by atoms with Crippen LogP contribution in [0.25, 0.3) is 0 Å². The normalized spacial score (nSPS) is 17.0. The Morgan fingerprint density at radius 1 is 1.09 bits per heavy atom. The summed E-state index contributed by atoms with van der Waals surface area (Å²) in [7, 11) is -4.30. The maximum atomic E-state index is 12.8. The molecule has 178 valence electrons. The summed E-state index contributed by atoms with van der Waals surface area (Å²) in [5.74, 6) is 0.207. The van der Waals surface area contributed by atoms with E-state index in [0.29, 0.717) is 21.7 Å². The number of nitrogens with one attached hydrogen (secondary N) is 2. The second kappa shape index (κ2) is 9.66. The first-order chi connectivity index (χ1) is 15.3. The number of benzene rings is 2. The molecule has 0 aromatic heterocycles. The Kier molecular flexibility index (Phi) is 7.49. The molecule has 3 rings (SSSR count). The number of anilines is 2. The first-order valence-electron chi connectivity index (χ1n) is 10.1. The summed E-state index contributed by atoms with van der Waals surface area (Å²) in [6, 6.07) is 11.7. The molecule has 1 unspecified atom stereocenters. The van der Waals surface area contributed by atoms with Gasteiger partial charge < -0.3 is 15.2 Å². The minimum absolute atomic E-state index is 0.0756. The van der Waals surface area contributed by atoms with E-state index in [4.69, 9.17) is 23.2 Å². The third-order valence-electron chi connectivity index (χ3n) is 4.97. The van der Waals surface area contributed by atoms with Gasteiger partial charge in [0.1, 0.15) is 7.14 Å². The minimum atomic E-state index is -3.54. The number of amidine groups is 1. The van der Waals surface area contributed by atoms with E-state index in [1.54, 1.807) is 70.6 Å². The lowest BCUT2D eigenvalue weighted by atomic mass is 10.3. The molecule has 0 bridgehead atoms. The number of rotatable bonds is 6. The third kappa shape index (κ3) is 5.72. The van der Waals surface area contributed by atoms with Crippen molar-refractivity contribution in [1.82, 2.24) is 5.01 Å². The van der Waals surface area contributed by atoms with Crippen LogP contribution in [0, 0.1) is 0 Å². The van der Waals surface area contributed by atoms with E-state index in [-0.39, 0.29) is 15.9 Å². The molecule has 1 aliphatic heterocycles. The van der Waals surface area contributed by atoms with E-state index in [9.17, 15) is 13.0 Å². The van der Waals surface area contributed by atoms with Gasteiger partial charge >= 0.3 is 0 Å². The first-order valence-corrected chi connectivity index (χ1v) is 15.0. The summed E-state index contributed by atoms with van der Waals surface area (Å²) in [6.07, 6.45) is -0.678. The lowest BCUT2D eigenvalue weighted by molar-refractivity contribution is 0.284. The Morgan fingerprint density at radius 2 is 1.76 bits per heavy atom. The van der Waals surface area contributed by atoms with Crippen molar-refractivity contribution in [2.24, 2.45) is 10.1 Å². The van der Waals surface area contributed by atoms with Gasteiger partial charge in [-0.3, -0.25) is 5.01 Å². The van der Waals surface area contributed by atoms with Crippen molar-refractivity contribution >= 4 is 67.9 Å². The molecule has 0 aliphatic carbocycles. The second-order valence-corrected chi connectivity index (χ2v) is 14.6. The average Bonchev–Trinajstić information content (AvgIpc) is 2.72. The molecule has 2 aromatic carbocycles. The Labute approximate surface area is 204 Å². The molecule has 1 aliphatic rings. The molecule has 33 heavy (non-hydrogen) atoms. The fourth-order valence-corrected chi connectivity index (χ4v) is 5.61. The van der Waals surface area contributed by atoms with Crippen LogP contribution in [0.4, 0.5) is 11.4 Å². The zero-order valence-corrected chi connectivity index (χ0v) is 22.1. The number of hydrogen-bond acceptors (Lipinski definition) is 8. The number of hydrazone groups is 1. The molecule has 0 fully saturated rings. The summed E-state index contributed by atoms with van der Waals surface area (Å²) >= 11 is 12.7. The Bertz CT molecular complexity index is 1270. The van der Waals surface area contributed by atoms with E-state index in [0.717, 1.165) is 0 Å². The topological polar surface area (TPSA) is 103 Å². The number of para-hydroxylation sites is 1. The standard InChI is InChI=1S/C21H26Cl2N5O3PS/c1-13(2)33(30,31)18-9-7-6-8-17(18)24-20-19(23)27-28(3)21(26-20)25-16-11-10-14(12-15(16)22)32(4,5)29/h6-13,21,25H,1-5H3,(H,24,26). The van der Waals surface area contributed by atoms with Crippen LogP contribution in [-0.4, -0.2) is 56.4 Å². The number of halogens is 2. The average molecular weight is 530 g/mol. The SMILES string of the molecule is CC(C)S(=O)(=O)c1ccccc1NC1=NC(Nc2ccc(P(C)(C)=O)cc2Cl)N(C)N=C1Cl. The van der Waals surface area contributed by atoms with Crippen molar-refractivity contribution in [2.45, 2.75) is 30.3 Å². The van der Waals surface area contributed by atoms with E-state index in [1.165, 1.54) is 11.1 Å². The molecule has 0 spiro atoms. The Hall–Kier alpha value is -2.06. The van der Waals surface area contributed by atoms with Crippen LogP contribution in [0.5, 0.6) is 0 Å². The van der Waals surface area contributed by atoms with Crippen molar-refractivity contribution in [3.63, 3.8) is 0 Å². The molecular formula is C21H26Cl2N5O3PS. The largest absolute Gasteiger partial charge is 0.344 e. The molecular weight excluding hydrogens is 504 g/mol. The molecule has 1 atom stereocenters. The van der Waals surface area contributed by atoms with E-state index in [2.05, 4.69) is 20.7 Å².